The van der Waals surface area contributed by atoms with Crippen LogP contribution in [0.2, 0.25) is 0 Å². The highest BCUT2D eigenvalue weighted by Crippen LogP contribution is 2.30. The fraction of sp³-hybridized carbons (Fsp3) is 0.250. The van der Waals surface area contributed by atoms with Crippen LogP contribution in [0.4, 0.5) is 8.78 Å². The Morgan fingerprint density at radius 3 is 2.42 bits per heavy atom. The van der Waals surface area contributed by atoms with Crippen molar-refractivity contribution in [2.24, 2.45) is 0 Å². The van der Waals surface area contributed by atoms with Gasteiger partial charge in [-0.05, 0) is 35.9 Å². The zero-order valence-corrected chi connectivity index (χ0v) is 17.9. The molecule has 1 saturated heterocycles. The van der Waals surface area contributed by atoms with E-state index < -0.39 is 6.61 Å². The fourth-order valence-electron chi connectivity index (χ4n) is 3.63. The third-order valence-electron chi connectivity index (χ3n) is 5.34. The van der Waals surface area contributed by atoms with Crippen molar-refractivity contribution in [1.82, 2.24) is 9.80 Å². The number of furan rings is 1. The number of fused-ring (bicyclic) bond motifs is 1. The molecule has 0 saturated carbocycles. The van der Waals surface area contributed by atoms with Crippen LogP contribution in [0.3, 0.4) is 0 Å². The molecule has 0 atom stereocenters. The number of carbonyl (C=O) groups is 2. The minimum Gasteiger partial charge on any atom is -0.493 e. The lowest BCUT2D eigenvalue weighted by Gasteiger charge is -2.33. The quantitative estimate of drug-likeness (QED) is 0.524. The van der Waals surface area contributed by atoms with Crippen molar-refractivity contribution < 1.29 is 32.3 Å². The summed E-state index contributed by atoms with van der Waals surface area (Å²) >= 11 is 0. The second-order valence-electron chi connectivity index (χ2n) is 7.39. The van der Waals surface area contributed by atoms with Gasteiger partial charge in [-0.2, -0.15) is 8.78 Å². The van der Waals surface area contributed by atoms with Gasteiger partial charge in [0.1, 0.15) is 5.58 Å². The van der Waals surface area contributed by atoms with Gasteiger partial charge in [0.05, 0.1) is 7.11 Å². The number of hydrogen-bond donors (Lipinski definition) is 0. The van der Waals surface area contributed by atoms with Gasteiger partial charge in [-0.15, -0.1) is 0 Å². The number of ether oxygens (including phenoxy) is 2. The molecule has 1 fully saturated rings. The van der Waals surface area contributed by atoms with E-state index in [4.69, 9.17) is 9.15 Å². The SMILES string of the molecule is COc1cc(/C=C/C(=O)N2CCN(C(=O)c3cc4ccccc4o3)CC2)ccc1OC(F)F. The lowest BCUT2D eigenvalue weighted by atomic mass is 10.2. The number of benzene rings is 2. The Labute approximate surface area is 188 Å². The molecular weight excluding hydrogens is 434 g/mol. The van der Waals surface area contributed by atoms with E-state index in [-0.39, 0.29) is 29.1 Å². The molecule has 7 nitrogen and oxygen atoms in total. The van der Waals surface area contributed by atoms with E-state index in [1.807, 2.05) is 24.3 Å². The van der Waals surface area contributed by atoms with E-state index in [1.165, 1.54) is 25.3 Å². The lowest BCUT2D eigenvalue weighted by molar-refractivity contribution is -0.127. The first-order valence-corrected chi connectivity index (χ1v) is 10.3. The van der Waals surface area contributed by atoms with E-state index in [0.717, 1.165) is 5.39 Å². The van der Waals surface area contributed by atoms with Crippen molar-refractivity contribution in [2.75, 3.05) is 33.3 Å². The van der Waals surface area contributed by atoms with Crippen LogP contribution in [0.5, 0.6) is 11.5 Å². The molecule has 3 aromatic rings. The molecule has 1 aromatic heterocycles. The third kappa shape index (κ3) is 5.14. The highest BCUT2D eigenvalue weighted by atomic mass is 19.3. The zero-order valence-electron chi connectivity index (χ0n) is 17.9. The molecule has 2 aromatic carbocycles. The number of alkyl halides is 2. The molecule has 2 amide bonds. The van der Waals surface area contributed by atoms with Gasteiger partial charge in [-0.1, -0.05) is 24.3 Å². The molecule has 1 aliphatic heterocycles. The van der Waals surface area contributed by atoms with Crippen molar-refractivity contribution in [3.05, 3.63) is 65.9 Å². The Hall–Kier alpha value is -3.88. The Morgan fingerprint density at radius 2 is 1.73 bits per heavy atom. The van der Waals surface area contributed by atoms with Crippen LogP contribution < -0.4 is 9.47 Å². The zero-order chi connectivity index (χ0) is 23.4. The van der Waals surface area contributed by atoms with Gasteiger partial charge >= 0.3 is 6.61 Å². The molecule has 1 aliphatic rings. The summed E-state index contributed by atoms with van der Waals surface area (Å²) < 4.78 is 40.0. The van der Waals surface area contributed by atoms with Crippen LogP contribution in [-0.4, -0.2) is 61.5 Å². The molecule has 0 aliphatic carbocycles. The minimum absolute atomic E-state index is 0.0822. The largest absolute Gasteiger partial charge is 0.493 e. The summed E-state index contributed by atoms with van der Waals surface area (Å²) in [5, 5.41) is 0.866. The predicted molar refractivity (Wildman–Crippen MR) is 117 cm³/mol. The topological polar surface area (TPSA) is 72.2 Å². The summed E-state index contributed by atoms with van der Waals surface area (Å²) in [7, 11) is 1.35. The monoisotopic (exact) mass is 456 g/mol. The molecule has 4 rings (SSSR count). The van der Waals surface area contributed by atoms with Crippen LogP contribution in [0.25, 0.3) is 17.0 Å². The van der Waals surface area contributed by atoms with E-state index >= 15 is 0 Å². The van der Waals surface area contributed by atoms with Gasteiger partial charge in [0.15, 0.2) is 17.3 Å². The summed E-state index contributed by atoms with van der Waals surface area (Å²) in [5.74, 6) is -0.0716. The smallest absolute Gasteiger partial charge is 0.387 e. The number of para-hydroxylation sites is 1. The standard InChI is InChI=1S/C24H22F2N2O5/c1-31-20-14-16(6-8-19(20)33-24(25)26)7-9-22(29)27-10-12-28(13-11-27)23(30)21-15-17-4-2-3-5-18(17)32-21/h2-9,14-15,24H,10-13H2,1H3/b9-7+. The van der Waals surface area contributed by atoms with E-state index in [2.05, 4.69) is 4.74 Å². The van der Waals surface area contributed by atoms with Crippen molar-refractivity contribution in [2.45, 2.75) is 6.61 Å². The van der Waals surface area contributed by atoms with Crippen molar-refractivity contribution in [3.8, 4) is 11.5 Å². The molecule has 9 heteroatoms. The van der Waals surface area contributed by atoms with Crippen LogP contribution in [0.15, 0.2) is 59.0 Å². The molecule has 0 unspecified atom stereocenters. The number of nitrogens with zero attached hydrogens (tertiary/aromatic N) is 2. The van der Waals surface area contributed by atoms with E-state index in [9.17, 15) is 18.4 Å². The second kappa shape index (κ2) is 9.72. The molecule has 0 radical (unpaired) electrons. The van der Waals surface area contributed by atoms with E-state index in [1.54, 1.807) is 28.0 Å². The third-order valence-corrected chi connectivity index (χ3v) is 5.34. The minimum atomic E-state index is -2.96. The maximum Gasteiger partial charge on any atom is 0.387 e. The maximum atomic E-state index is 12.8. The van der Waals surface area contributed by atoms with Gasteiger partial charge in [0.25, 0.3) is 5.91 Å². The first-order valence-electron chi connectivity index (χ1n) is 10.3. The summed E-state index contributed by atoms with van der Waals surface area (Å²) in [4.78, 5) is 28.6. The number of hydrogen-bond acceptors (Lipinski definition) is 5. The summed E-state index contributed by atoms with van der Waals surface area (Å²) in [5.41, 5.74) is 1.26. The van der Waals surface area contributed by atoms with Crippen LogP contribution in [0, 0.1) is 0 Å². The predicted octanol–water partition coefficient (Wildman–Crippen LogP) is 4.04. The first-order chi connectivity index (χ1) is 15.9. The van der Waals surface area contributed by atoms with Crippen LogP contribution >= 0.6 is 0 Å². The number of halogens is 2. The average molecular weight is 456 g/mol. The first kappa shape index (κ1) is 22.3. The van der Waals surface area contributed by atoms with Crippen molar-refractivity contribution in [1.29, 1.82) is 0 Å². The summed E-state index contributed by atoms with van der Waals surface area (Å²) in [6.07, 6.45) is 2.97. The number of methoxy groups -OCH3 is 1. The fourth-order valence-corrected chi connectivity index (χ4v) is 3.63. The maximum absolute atomic E-state index is 12.8. The molecule has 172 valence electrons. The normalized spacial score (nSPS) is 14.3. The second-order valence-corrected chi connectivity index (χ2v) is 7.39. The van der Waals surface area contributed by atoms with Gasteiger partial charge in [0.2, 0.25) is 5.91 Å². The Balaban J connectivity index is 1.34. The highest BCUT2D eigenvalue weighted by Gasteiger charge is 2.26. The van der Waals surface area contributed by atoms with Gasteiger partial charge in [0, 0.05) is 37.6 Å². The molecule has 0 N–H and O–H groups in total. The van der Waals surface area contributed by atoms with Crippen molar-refractivity contribution >= 4 is 28.9 Å². The molecular formula is C24H22F2N2O5. The number of amides is 2. The Bertz CT molecular complexity index is 1150. The summed E-state index contributed by atoms with van der Waals surface area (Å²) in [6.45, 7) is -1.40. The van der Waals surface area contributed by atoms with Gasteiger partial charge in [-0.3, -0.25) is 9.59 Å². The molecule has 0 spiro atoms. The number of carbonyl (C=O) groups excluding carboxylic acids is 2. The average Bonchev–Trinajstić information content (AvgIpc) is 3.27. The molecule has 0 bridgehead atoms. The van der Waals surface area contributed by atoms with Gasteiger partial charge in [-0.25, -0.2) is 0 Å². The number of piperazine rings is 1. The number of rotatable bonds is 6. The lowest BCUT2D eigenvalue weighted by Crippen LogP contribution is -2.50. The Kier molecular flexibility index (Phi) is 6.58. The Morgan fingerprint density at radius 1 is 1.00 bits per heavy atom. The van der Waals surface area contributed by atoms with E-state index in [0.29, 0.717) is 37.3 Å². The summed E-state index contributed by atoms with van der Waals surface area (Å²) in [6, 6.07) is 13.6. The van der Waals surface area contributed by atoms with Gasteiger partial charge < -0.3 is 23.7 Å². The van der Waals surface area contributed by atoms with Crippen molar-refractivity contribution in [3.63, 3.8) is 0 Å². The van der Waals surface area contributed by atoms with Crippen LogP contribution in [-0.2, 0) is 4.79 Å². The highest BCUT2D eigenvalue weighted by molar-refractivity contribution is 5.96. The molecule has 33 heavy (non-hydrogen) atoms. The van der Waals surface area contributed by atoms with Crippen LogP contribution in [0.1, 0.15) is 16.1 Å². The molecule has 2 heterocycles.